The average Bonchev–Trinajstić information content (AvgIpc) is 1.85. The molecule has 0 saturated heterocycles. The molecule has 0 saturated carbocycles. The van der Waals surface area contributed by atoms with E-state index in [9.17, 15) is 0 Å². The second-order valence-corrected chi connectivity index (χ2v) is 2.48. The molecule has 0 aliphatic rings. The number of anilines is 2. The van der Waals surface area contributed by atoms with Gasteiger partial charge in [-0.2, -0.15) is 0 Å². The van der Waals surface area contributed by atoms with Crippen LogP contribution in [0.4, 0.5) is 11.4 Å². The summed E-state index contributed by atoms with van der Waals surface area (Å²) < 4.78 is 4.98. The lowest BCUT2D eigenvalue weighted by Crippen LogP contribution is -1.98. The Kier molecular flexibility index (Phi) is 6.54. The zero-order valence-electron chi connectivity index (χ0n) is 7.53. The van der Waals surface area contributed by atoms with Crippen LogP contribution in [0.2, 0.25) is 0 Å². The summed E-state index contributed by atoms with van der Waals surface area (Å²) in [7, 11) is 1.55. The molecule has 0 heterocycles. The van der Waals surface area contributed by atoms with Gasteiger partial charge in [0.05, 0.1) is 18.5 Å². The quantitative estimate of drug-likeness (QED) is 0.718. The maximum Gasteiger partial charge on any atom is 0.164 e. The number of nitrogen functional groups attached to an aromatic ring is 2. The fourth-order valence-electron chi connectivity index (χ4n) is 1.07. The Bertz CT molecular complexity index is 256. The van der Waals surface area contributed by atoms with Gasteiger partial charge in [-0.3, -0.25) is 0 Å². The molecule has 3 nitrogen and oxygen atoms in total. The molecule has 0 aromatic heterocycles. The van der Waals surface area contributed by atoms with E-state index in [-0.39, 0.29) is 24.8 Å². The third-order valence-corrected chi connectivity index (χ3v) is 1.49. The summed E-state index contributed by atoms with van der Waals surface area (Å²) in [6.45, 7) is 1.94. The number of hydrogen-bond donors (Lipinski definition) is 2. The van der Waals surface area contributed by atoms with E-state index in [1.807, 2.05) is 19.1 Å². The number of methoxy groups -OCH3 is 1. The number of benzene rings is 1. The second kappa shape index (κ2) is 5.78. The van der Waals surface area contributed by atoms with Crippen molar-refractivity contribution in [3.8, 4) is 5.75 Å². The van der Waals surface area contributed by atoms with Crippen LogP contribution >= 0.6 is 24.8 Å². The summed E-state index contributed by atoms with van der Waals surface area (Å²) >= 11 is 0. The van der Waals surface area contributed by atoms with Crippen LogP contribution in [0.15, 0.2) is 12.1 Å². The fourth-order valence-corrected chi connectivity index (χ4v) is 1.07. The summed E-state index contributed by atoms with van der Waals surface area (Å²) in [6.07, 6.45) is 0. The van der Waals surface area contributed by atoms with Gasteiger partial charge >= 0.3 is 0 Å². The number of nitrogens with two attached hydrogens (primary N) is 2. The fraction of sp³-hybridized carbons (Fsp3) is 0.250. The molecule has 1 rings (SSSR count). The Hall–Kier alpha value is -0.800. The molecule has 76 valence electrons. The van der Waals surface area contributed by atoms with Crippen molar-refractivity contribution < 1.29 is 4.74 Å². The third-order valence-electron chi connectivity index (χ3n) is 1.49. The molecule has 0 aliphatic carbocycles. The van der Waals surface area contributed by atoms with E-state index in [2.05, 4.69) is 0 Å². The molecular weight excluding hydrogens is 211 g/mol. The van der Waals surface area contributed by atoms with Crippen LogP contribution < -0.4 is 16.2 Å². The van der Waals surface area contributed by atoms with E-state index in [0.717, 1.165) is 5.56 Å². The zero-order valence-corrected chi connectivity index (χ0v) is 9.17. The minimum absolute atomic E-state index is 0. The lowest BCUT2D eigenvalue weighted by molar-refractivity contribution is 0.419. The van der Waals surface area contributed by atoms with Gasteiger partial charge in [0.25, 0.3) is 0 Å². The van der Waals surface area contributed by atoms with E-state index < -0.39 is 0 Å². The molecule has 4 N–H and O–H groups in total. The number of hydrogen-bond acceptors (Lipinski definition) is 3. The summed E-state index contributed by atoms with van der Waals surface area (Å²) in [5.74, 6) is 0.565. The Morgan fingerprint density at radius 1 is 1.08 bits per heavy atom. The first-order valence-corrected chi connectivity index (χ1v) is 3.34. The Labute approximate surface area is 90.3 Å². The highest BCUT2D eigenvalue weighted by atomic mass is 35.5. The minimum atomic E-state index is 0. The van der Waals surface area contributed by atoms with Crippen molar-refractivity contribution in [3.63, 3.8) is 0 Å². The van der Waals surface area contributed by atoms with Crippen LogP contribution in [-0.2, 0) is 0 Å². The van der Waals surface area contributed by atoms with Crippen molar-refractivity contribution in [3.05, 3.63) is 17.7 Å². The molecule has 1 aromatic carbocycles. The standard InChI is InChI=1S/C8H12N2O.2ClH/c1-5-3-6(9)8(11-2)7(10)4-5;;/h3-4H,9-10H2,1-2H3;2*1H. The Morgan fingerprint density at radius 3 is 1.77 bits per heavy atom. The highest BCUT2D eigenvalue weighted by molar-refractivity contribution is 5.85. The Morgan fingerprint density at radius 2 is 1.46 bits per heavy atom. The number of ether oxygens (including phenoxy) is 1. The normalized spacial score (nSPS) is 8.15. The second-order valence-electron chi connectivity index (χ2n) is 2.48. The van der Waals surface area contributed by atoms with Crippen molar-refractivity contribution in [1.82, 2.24) is 0 Å². The van der Waals surface area contributed by atoms with Gasteiger partial charge in [0.2, 0.25) is 0 Å². The molecular formula is C8H14Cl2N2O. The van der Waals surface area contributed by atoms with Gasteiger partial charge in [0.15, 0.2) is 5.75 Å². The molecule has 0 amide bonds. The maximum atomic E-state index is 5.63. The van der Waals surface area contributed by atoms with Gasteiger partial charge in [-0.05, 0) is 24.6 Å². The van der Waals surface area contributed by atoms with Crippen LogP contribution in [0.1, 0.15) is 5.56 Å². The van der Waals surface area contributed by atoms with Crippen molar-refractivity contribution in [2.45, 2.75) is 6.92 Å². The molecule has 0 unspecified atom stereocenters. The average molecular weight is 225 g/mol. The van der Waals surface area contributed by atoms with Gasteiger partial charge in [-0.15, -0.1) is 24.8 Å². The van der Waals surface area contributed by atoms with Crippen molar-refractivity contribution >= 4 is 36.2 Å². The molecule has 0 spiro atoms. The van der Waals surface area contributed by atoms with Crippen LogP contribution in [-0.4, -0.2) is 7.11 Å². The van der Waals surface area contributed by atoms with Gasteiger partial charge in [-0.25, -0.2) is 0 Å². The number of halogens is 2. The third kappa shape index (κ3) is 3.20. The van der Waals surface area contributed by atoms with Gasteiger partial charge in [-0.1, -0.05) is 0 Å². The molecule has 5 heteroatoms. The van der Waals surface area contributed by atoms with E-state index in [4.69, 9.17) is 16.2 Å². The van der Waals surface area contributed by atoms with Crippen molar-refractivity contribution in [1.29, 1.82) is 0 Å². The van der Waals surface area contributed by atoms with Crippen LogP contribution in [0, 0.1) is 6.92 Å². The van der Waals surface area contributed by atoms with E-state index >= 15 is 0 Å². The summed E-state index contributed by atoms with van der Waals surface area (Å²) in [5.41, 5.74) is 13.5. The lowest BCUT2D eigenvalue weighted by atomic mass is 10.2. The summed E-state index contributed by atoms with van der Waals surface area (Å²) in [6, 6.07) is 3.66. The minimum Gasteiger partial charge on any atom is -0.492 e. The van der Waals surface area contributed by atoms with Crippen molar-refractivity contribution in [2.75, 3.05) is 18.6 Å². The highest BCUT2D eigenvalue weighted by Crippen LogP contribution is 2.29. The predicted molar refractivity (Wildman–Crippen MR) is 61.1 cm³/mol. The van der Waals surface area contributed by atoms with Gasteiger partial charge in [0, 0.05) is 0 Å². The first kappa shape index (κ1) is 14.7. The summed E-state index contributed by atoms with van der Waals surface area (Å²) in [4.78, 5) is 0. The Balaban J connectivity index is 0. The van der Waals surface area contributed by atoms with Crippen LogP contribution in [0.5, 0.6) is 5.75 Å². The molecule has 13 heavy (non-hydrogen) atoms. The smallest absolute Gasteiger partial charge is 0.164 e. The van der Waals surface area contributed by atoms with Crippen LogP contribution in [0.3, 0.4) is 0 Å². The molecule has 0 bridgehead atoms. The van der Waals surface area contributed by atoms with Gasteiger partial charge < -0.3 is 16.2 Å². The number of rotatable bonds is 1. The topological polar surface area (TPSA) is 61.3 Å². The SMILES string of the molecule is COc1c(N)cc(C)cc1N.Cl.Cl. The van der Waals surface area contributed by atoms with E-state index in [1.54, 1.807) is 7.11 Å². The van der Waals surface area contributed by atoms with Crippen LogP contribution in [0.25, 0.3) is 0 Å². The largest absolute Gasteiger partial charge is 0.492 e. The van der Waals surface area contributed by atoms with E-state index in [1.165, 1.54) is 0 Å². The first-order valence-electron chi connectivity index (χ1n) is 3.34. The summed E-state index contributed by atoms with van der Waals surface area (Å²) in [5, 5.41) is 0. The predicted octanol–water partition coefficient (Wildman–Crippen LogP) is 2.01. The highest BCUT2D eigenvalue weighted by Gasteiger charge is 2.03. The van der Waals surface area contributed by atoms with Crippen molar-refractivity contribution in [2.24, 2.45) is 0 Å². The molecule has 0 atom stereocenters. The molecule has 1 aromatic rings. The molecule has 0 aliphatic heterocycles. The molecule has 0 radical (unpaired) electrons. The first-order chi connectivity index (χ1) is 5.15. The zero-order chi connectivity index (χ0) is 8.43. The number of aryl methyl sites for hydroxylation is 1. The lowest BCUT2D eigenvalue weighted by Gasteiger charge is -2.07. The maximum absolute atomic E-state index is 5.63. The van der Waals surface area contributed by atoms with Gasteiger partial charge in [0.1, 0.15) is 0 Å². The monoisotopic (exact) mass is 224 g/mol. The van der Waals surface area contributed by atoms with E-state index in [0.29, 0.717) is 17.1 Å². The molecule has 0 fully saturated rings.